The molecule has 8 nitrogen and oxygen atoms in total. The molecule has 0 aliphatic carbocycles. The highest BCUT2D eigenvalue weighted by molar-refractivity contribution is 6.32. The topological polar surface area (TPSA) is 93.0 Å². The average molecular weight is 520 g/mol. The number of carbonyl (C=O) groups is 2. The van der Waals surface area contributed by atoms with E-state index >= 15 is 0 Å². The lowest BCUT2D eigenvalue weighted by Gasteiger charge is -2.39. The summed E-state index contributed by atoms with van der Waals surface area (Å²) < 4.78 is 5.63. The molecule has 0 bridgehead atoms. The summed E-state index contributed by atoms with van der Waals surface area (Å²) >= 11 is 12.3. The van der Waals surface area contributed by atoms with Crippen molar-refractivity contribution >= 4 is 40.8 Å². The van der Waals surface area contributed by atoms with Crippen LogP contribution in [0.4, 0.5) is 10.5 Å². The van der Waals surface area contributed by atoms with Crippen molar-refractivity contribution in [2.24, 2.45) is 0 Å². The summed E-state index contributed by atoms with van der Waals surface area (Å²) in [6.07, 6.45) is 4.96. The first-order valence-electron chi connectivity index (χ1n) is 11.8. The van der Waals surface area contributed by atoms with Gasteiger partial charge in [-0.05, 0) is 62.5 Å². The van der Waals surface area contributed by atoms with Gasteiger partial charge in [-0.2, -0.15) is 0 Å². The maximum atomic E-state index is 13.1. The smallest absolute Gasteiger partial charge is 0.409 e. The molecular formula is C25H27Cl2N3O5. The summed E-state index contributed by atoms with van der Waals surface area (Å²) in [6.45, 7) is 3.47. The Kier molecular flexibility index (Phi) is 8.26. The Balaban J connectivity index is 1.41. The van der Waals surface area contributed by atoms with Crippen molar-refractivity contribution in [2.75, 3.05) is 26.2 Å². The Morgan fingerprint density at radius 3 is 2.37 bits per heavy atom. The molecule has 186 valence electrons. The third kappa shape index (κ3) is 6.31. The van der Waals surface area contributed by atoms with Crippen LogP contribution in [-0.4, -0.2) is 58.8 Å². The van der Waals surface area contributed by atoms with Crippen LogP contribution in [0, 0.1) is 10.1 Å². The zero-order valence-corrected chi connectivity index (χ0v) is 20.8. The summed E-state index contributed by atoms with van der Waals surface area (Å²) in [7, 11) is 0. The van der Waals surface area contributed by atoms with E-state index in [1.54, 1.807) is 11.0 Å². The van der Waals surface area contributed by atoms with Gasteiger partial charge in [-0.25, -0.2) is 4.79 Å². The van der Waals surface area contributed by atoms with Gasteiger partial charge < -0.3 is 14.5 Å². The molecule has 2 fully saturated rings. The molecule has 0 radical (unpaired) electrons. The average Bonchev–Trinajstić information content (AvgIpc) is 2.86. The minimum Gasteiger partial charge on any atom is -0.409 e. The van der Waals surface area contributed by atoms with Crippen LogP contribution < -0.4 is 4.74 Å². The fourth-order valence-corrected chi connectivity index (χ4v) is 5.14. The van der Waals surface area contributed by atoms with Crippen molar-refractivity contribution in [1.29, 1.82) is 0 Å². The molecule has 0 unspecified atom stereocenters. The fourth-order valence-electron chi connectivity index (χ4n) is 4.73. The molecule has 2 aromatic rings. The molecule has 0 saturated carbocycles. The summed E-state index contributed by atoms with van der Waals surface area (Å²) in [5.74, 6) is -0.240. The number of non-ortho nitro benzene ring substituents is 1. The van der Waals surface area contributed by atoms with Crippen LogP contribution in [0.2, 0.25) is 10.0 Å². The molecule has 2 saturated heterocycles. The number of amides is 1. The molecule has 2 aliphatic rings. The number of nitrogens with zero attached hydrogens (tertiary/aromatic N) is 3. The monoisotopic (exact) mass is 519 g/mol. The molecule has 0 atom stereocenters. The highest BCUT2D eigenvalue weighted by Gasteiger charge is 2.29. The number of nitro groups is 1. The summed E-state index contributed by atoms with van der Waals surface area (Å²) in [5, 5.41) is 11.4. The lowest BCUT2D eigenvalue weighted by molar-refractivity contribution is -0.384. The highest BCUT2D eigenvalue weighted by Crippen LogP contribution is 2.29. The first-order valence-corrected chi connectivity index (χ1v) is 12.5. The van der Waals surface area contributed by atoms with Crippen molar-refractivity contribution in [1.82, 2.24) is 9.80 Å². The lowest BCUT2D eigenvalue weighted by Crippen LogP contribution is -2.48. The number of halogens is 2. The van der Waals surface area contributed by atoms with Gasteiger partial charge in [-0.15, -0.1) is 0 Å². The van der Waals surface area contributed by atoms with Crippen LogP contribution in [0.3, 0.4) is 0 Å². The third-order valence-electron chi connectivity index (χ3n) is 6.67. The maximum absolute atomic E-state index is 13.1. The standard InChI is InChI=1S/C25H27Cl2N3O5/c26-18-5-7-24(21(15-18)23(31)14-17-4-6-20(30(33)34)16-22(17)27)35-25(32)29-12-8-19(9-13-29)28-10-2-1-3-11-28/h4-7,15-16,19H,1-3,8-14H2. The van der Waals surface area contributed by atoms with E-state index in [4.69, 9.17) is 27.9 Å². The van der Waals surface area contributed by atoms with E-state index in [2.05, 4.69) is 4.90 Å². The van der Waals surface area contributed by atoms with Gasteiger partial charge in [0, 0.05) is 42.7 Å². The van der Waals surface area contributed by atoms with Crippen LogP contribution in [-0.2, 0) is 6.42 Å². The molecule has 0 aromatic heterocycles. The Morgan fingerprint density at radius 2 is 1.71 bits per heavy atom. The zero-order valence-electron chi connectivity index (χ0n) is 19.3. The summed E-state index contributed by atoms with van der Waals surface area (Å²) in [6, 6.07) is 8.96. The van der Waals surface area contributed by atoms with Crippen molar-refractivity contribution in [3.05, 3.63) is 67.7 Å². The van der Waals surface area contributed by atoms with E-state index in [0.717, 1.165) is 25.9 Å². The Hall–Kier alpha value is -2.68. The van der Waals surface area contributed by atoms with Gasteiger partial charge in [0.2, 0.25) is 0 Å². The lowest BCUT2D eigenvalue weighted by atomic mass is 10.0. The Morgan fingerprint density at radius 1 is 1.00 bits per heavy atom. The fraction of sp³-hybridized carbons (Fsp3) is 0.440. The van der Waals surface area contributed by atoms with Crippen molar-refractivity contribution in [3.63, 3.8) is 0 Å². The number of likely N-dealkylation sites (tertiary alicyclic amines) is 2. The van der Waals surface area contributed by atoms with Crippen LogP contribution in [0.1, 0.15) is 48.0 Å². The number of hydrogen-bond donors (Lipinski definition) is 0. The van der Waals surface area contributed by atoms with Gasteiger partial charge in [0.25, 0.3) is 5.69 Å². The summed E-state index contributed by atoms with van der Waals surface area (Å²) in [4.78, 5) is 40.5. The van der Waals surface area contributed by atoms with Crippen LogP contribution >= 0.6 is 23.2 Å². The number of carbonyl (C=O) groups excluding carboxylic acids is 2. The molecule has 1 amide bonds. The molecular weight excluding hydrogens is 493 g/mol. The van der Waals surface area contributed by atoms with Crippen molar-refractivity contribution in [3.8, 4) is 5.75 Å². The molecule has 35 heavy (non-hydrogen) atoms. The van der Waals surface area contributed by atoms with E-state index in [1.807, 2.05) is 0 Å². The molecule has 2 aromatic carbocycles. The second-order valence-electron chi connectivity index (χ2n) is 8.96. The van der Waals surface area contributed by atoms with E-state index in [1.165, 1.54) is 49.6 Å². The number of ketones is 1. The number of Topliss-reactive ketones (excluding diaryl/α,β-unsaturated/α-hetero) is 1. The van der Waals surface area contributed by atoms with E-state index in [0.29, 0.717) is 29.7 Å². The second-order valence-corrected chi connectivity index (χ2v) is 9.80. The zero-order chi connectivity index (χ0) is 24.9. The first kappa shape index (κ1) is 25.4. The van der Waals surface area contributed by atoms with Crippen molar-refractivity contribution in [2.45, 2.75) is 44.6 Å². The van der Waals surface area contributed by atoms with Gasteiger partial charge >= 0.3 is 6.09 Å². The Bertz CT molecular complexity index is 1110. The third-order valence-corrected chi connectivity index (χ3v) is 7.25. The molecule has 0 spiro atoms. The highest BCUT2D eigenvalue weighted by atomic mass is 35.5. The van der Waals surface area contributed by atoms with Crippen LogP contribution in [0.25, 0.3) is 0 Å². The van der Waals surface area contributed by atoms with E-state index in [-0.39, 0.29) is 34.2 Å². The molecule has 10 heteroatoms. The van der Waals surface area contributed by atoms with Crippen LogP contribution in [0.15, 0.2) is 36.4 Å². The molecule has 2 heterocycles. The Labute approximate surface area is 213 Å². The minimum atomic E-state index is -0.554. The van der Waals surface area contributed by atoms with E-state index < -0.39 is 11.0 Å². The van der Waals surface area contributed by atoms with Crippen LogP contribution in [0.5, 0.6) is 5.75 Å². The maximum Gasteiger partial charge on any atom is 0.415 e. The van der Waals surface area contributed by atoms with E-state index in [9.17, 15) is 19.7 Å². The predicted octanol–water partition coefficient (Wildman–Crippen LogP) is 5.78. The minimum absolute atomic E-state index is 0.115. The van der Waals surface area contributed by atoms with Gasteiger partial charge in [-0.1, -0.05) is 35.7 Å². The van der Waals surface area contributed by atoms with Gasteiger partial charge in [0.1, 0.15) is 5.75 Å². The number of ether oxygens (including phenoxy) is 1. The predicted molar refractivity (Wildman–Crippen MR) is 134 cm³/mol. The number of benzene rings is 2. The number of piperidine rings is 2. The van der Waals surface area contributed by atoms with Gasteiger partial charge in [0.15, 0.2) is 5.78 Å². The first-order chi connectivity index (χ1) is 16.8. The van der Waals surface area contributed by atoms with Crippen molar-refractivity contribution < 1.29 is 19.2 Å². The number of rotatable bonds is 6. The number of hydrogen-bond acceptors (Lipinski definition) is 6. The largest absolute Gasteiger partial charge is 0.415 e. The molecule has 0 N–H and O–H groups in total. The second kappa shape index (κ2) is 11.4. The SMILES string of the molecule is O=C(Cc1ccc([N+](=O)[O-])cc1Cl)c1cc(Cl)ccc1OC(=O)N1CCC(N2CCCCC2)CC1. The number of nitro benzene ring substituents is 1. The molecule has 4 rings (SSSR count). The normalized spacial score (nSPS) is 17.3. The molecule has 2 aliphatic heterocycles. The summed E-state index contributed by atoms with van der Waals surface area (Å²) in [5.41, 5.74) is 0.426. The van der Waals surface area contributed by atoms with Gasteiger partial charge in [0.05, 0.1) is 15.5 Å². The quantitative estimate of drug-likeness (QED) is 0.273. The van der Waals surface area contributed by atoms with Gasteiger partial charge in [-0.3, -0.25) is 14.9 Å².